The maximum Gasteiger partial charge on any atom is 0.0198 e. The monoisotopic (exact) mass is 280 g/mol. The van der Waals surface area contributed by atoms with Crippen LogP contribution in [0.4, 0.5) is 0 Å². The summed E-state index contributed by atoms with van der Waals surface area (Å²) in [5.74, 6) is 0.778. The fourth-order valence-corrected chi connectivity index (χ4v) is 3.96. The van der Waals surface area contributed by atoms with E-state index in [2.05, 4.69) is 55.4 Å². The average Bonchev–Trinajstić information content (AvgIpc) is 2.83. The van der Waals surface area contributed by atoms with Crippen LogP contribution in [0.1, 0.15) is 39.0 Å². The summed E-state index contributed by atoms with van der Waals surface area (Å²) in [5.41, 5.74) is 0. The molecule has 2 heterocycles. The Morgan fingerprint density at radius 2 is 2.21 bits per heavy atom. The van der Waals surface area contributed by atoms with Crippen molar-refractivity contribution >= 4 is 11.3 Å². The van der Waals surface area contributed by atoms with Crippen LogP contribution in [0.3, 0.4) is 0 Å². The second-order valence-electron chi connectivity index (χ2n) is 6.41. The summed E-state index contributed by atoms with van der Waals surface area (Å²) >= 11 is 1.89. The van der Waals surface area contributed by atoms with E-state index in [1.54, 1.807) is 0 Å². The Morgan fingerprint density at radius 1 is 1.42 bits per heavy atom. The smallest absolute Gasteiger partial charge is 0.0198 e. The van der Waals surface area contributed by atoms with Crippen LogP contribution in [0.15, 0.2) is 17.5 Å². The minimum Gasteiger partial charge on any atom is -0.311 e. The zero-order chi connectivity index (χ0) is 13.8. The molecular formula is C16H28N2S. The molecule has 3 atom stereocenters. The molecule has 1 fully saturated rings. The summed E-state index contributed by atoms with van der Waals surface area (Å²) in [7, 11) is 0. The lowest BCUT2D eigenvalue weighted by Crippen LogP contribution is -2.58. The maximum absolute atomic E-state index is 3.70. The molecule has 1 aromatic rings. The van der Waals surface area contributed by atoms with Crippen molar-refractivity contribution in [1.29, 1.82) is 0 Å². The minimum absolute atomic E-state index is 0.644. The van der Waals surface area contributed by atoms with Gasteiger partial charge in [-0.3, -0.25) is 4.90 Å². The molecule has 1 aliphatic heterocycles. The van der Waals surface area contributed by atoms with Gasteiger partial charge >= 0.3 is 0 Å². The molecule has 0 aliphatic carbocycles. The average molecular weight is 280 g/mol. The number of nitrogens with one attached hydrogen (secondary N) is 1. The predicted octanol–water partition coefficient (Wildman–Crippen LogP) is 3.39. The lowest BCUT2D eigenvalue weighted by Gasteiger charge is -2.42. The first kappa shape index (κ1) is 15.0. The van der Waals surface area contributed by atoms with Crippen molar-refractivity contribution in [3.05, 3.63) is 22.4 Å². The third kappa shape index (κ3) is 4.30. The quantitative estimate of drug-likeness (QED) is 0.889. The van der Waals surface area contributed by atoms with Crippen LogP contribution in [0.2, 0.25) is 0 Å². The largest absolute Gasteiger partial charge is 0.311 e. The number of rotatable bonds is 5. The predicted molar refractivity (Wildman–Crippen MR) is 84.9 cm³/mol. The Kier molecular flexibility index (Phi) is 5.43. The van der Waals surface area contributed by atoms with E-state index in [9.17, 15) is 0 Å². The van der Waals surface area contributed by atoms with Gasteiger partial charge in [-0.2, -0.15) is 0 Å². The summed E-state index contributed by atoms with van der Waals surface area (Å²) < 4.78 is 0. The summed E-state index contributed by atoms with van der Waals surface area (Å²) in [6.45, 7) is 11.7. The van der Waals surface area contributed by atoms with Crippen molar-refractivity contribution < 1.29 is 0 Å². The highest BCUT2D eigenvalue weighted by Gasteiger charge is 2.28. The van der Waals surface area contributed by atoms with Gasteiger partial charge < -0.3 is 5.32 Å². The van der Waals surface area contributed by atoms with E-state index in [0.29, 0.717) is 18.1 Å². The molecule has 0 radical (unpaired) electrons. The van der Waals surface area contributed by atoms with Gasteiger partial charge in [-0.15, -0.1) is 11.3 Å². The van der Waals surface area contributed by atoms with E-state index in [-0.39, 0.29) is 0 Å². The third-order valence-corrected chi connectivity index (χ3v) is 5.00. The zero-order valence-electron chi connectivity index (χ0n) is 12.7. The van der Waals surface area contributed by atoms with Crippen LogP contribution >= 0.6 is 11.3 Å². The number of nitrogens with zero attached hydrogens (tertiary/aromatic N) is 1. The third-order valence-electron chi connectivity index (χ3n) is 4.10. The molecule has 2 nitrogen and oxygen atoms in total. The van der Waals surface area contributed by atoms with Gasteiger partial charge in [0.2, 0.25) is 0 Å². The molecule has 3 unspecified atom stereocenters. The Morgan fingerprint density at radius 3 is 2.84 bits per heavy atom. The Hall–Kier alpha value is -0.380. The normalized spacial score (nSPS) is 26.8. The maximum atomic E-state index is 3.70. The molecule has 0 spiro atoms. The van der Waals surface area contributed by atoms with Crippen molar-refractivity contribution in [2.75, 3.05) is 13.1 Å². The van der Waals surface area contributed by atoms with Gasteiger partial charge in [0.1, 0.15) is 0 Å². The SMILES string of the molecule is CC(C)CC1CN(C(C)Cc2cccs2)C(C)CN1. The van der Waals surface area contributed by atoms with Gasteiger partial charge in [-0.25, -0.2) is 0 Å². The van der Waals surface area contributed by atoms with Gasteiger partial charge in [0.15, 0.2) is 0 Å². The highest BCUT2D eigenvalue weighted by molar-refractivity contribution is 7.09. The molecule has 0 aromatic carbocycles. The lowest BCUT2D eigenvalue weighted by molar-refractivity contribution is 0.0926. The number of piperazine rings is 1. The van der Waals surface area contributed by atoms with Gasteiger partial charge in [0.25, 0.3) is 0 Å². The van der Waals surface area contributed by atoms with E-state index in [1.807, 2.05) is 11.3 Å². The van der Waals surface area contributed by atoms with Gasteiger partial charge in [-0.1, -0.05) is 19.9 Å². The van der Waals surface area contributed by atoms with Gasteiger partial charge in [0, 0.05) is 36.1 Å². The summed E-state index contributed by atoms with van der Waals surface area (Å²) in [5, 5.41) is 5.89. The summed E-state index contributed by atoms with van der Waals surface area (Å²) in [6.07, 6.45) is 2.48. The van der Waals surface area contributed by atoms with E-state index in [1.165, 1.54) is 24.3 Å². The van der Waals surface area contributed by atoms with Crippen LogP contribution in [0.25, 0.3) is 0 Å². The van der Waals surface area contributed by atoms with E-state index in [0.717, 1.165) is 12.5 Å². The molecule has 1 aromatic heterocycles. The van der Waals surface area contributed by atoms with Crippen molar-refractivity contribution in [2.24, 2.45) is 5.92 Å². The molecule has 0 saturated carbocycles. The van der Waals surface area contributed by atoms with Gasteiger partial charge in [-0.05, 0) is 44.1 Å². The molecule has 0 bridgehead atoms. The molecule has 1 saturated heterocycles. The Balaban J connectivity index is 1.92. The summed E-state index contributed by atoms with van der Waals surface area (Å²) in [4.78, 5) is 4.21. The Bertz CT molecular complexity index is 361. The Labute approximate surface area is 122 Å². The van der Waals surface area contributed by atoms with E-state index >= 15 is 0 Å². The van der Waals surface area contributed by atoms with E-state index < -0.39 is 0 Å². The van der Waals surface area contributed by atoms with Crippen molar-refractivity contribution in [3.8, 4) is 0 Å². The van der Waals surface area contributed by atoms with Crippen molar-refractivity contribution in [1.82, 2.24) is 10.2 Å². The number of thiophene rings is 1. The molecule has 19 heavy (non-hydrogen) atoms. The molecular weight excluding hydrogens is 252 g/mol. The molecule has 1 N–H and O–H groups in total. The first-order valence-electron chi connectivity index (χ1n) is 7.57. The number of hydrogen-bond acceptors (Lipinski definition) is 3. The summed E-state index contributed by atoms with van der Waals surface area (Å²) in [6, 6.07) is 6.39. The first-order valence-corrected chi connectivity index (χ1v) is 8.45. The second kappa shape index (κ2) is 6.87. The van der Waals surface area contributed by atoms with Crippen LogP contribution < -0.4 is 5.32 Å². The minimum atomic E-state index is 0.644. The molecule has 3 heteroatoms. The lowest BCUT2D eigenvalue weighted by atomic mass is 9.98. The fourth-order valence-electron chi connectivity index (χ4n) is 3.13. The molecule has 108 valence electrons. The number of hydrogen-bond donors (Lipinski definition) is 1. The highest BCUT2D eigenvalue weighted by atomic mass is 32.1. The van der Waals surface area contributed by atoms with E-state index in [4.69, 9.17) is 0 Å². The van der Waals surface area contributed by atoms with Crippen molar-refractivity contribution in [2.45, 2.75) is 58.7 Å². The van der Waals surface area contributed by atoms with Crippen LogP contribution in [-0.4, -0.2) is 36.1 Å². The second-order valence-corrected chi connectivity index (χ2v) is 7.45. The van der Waals surface area contributed by atoms with Gasteiger partial charge in [0.05, 0.1) is 0 Å². The molecule has 2 rings (SSSR count). The molecule has 1 aliphatic rings. The van der Waals surface area contributed by atoms with Crippen LogP contribution in [0, 0.1) is 5.92 Å². The topological polar surface area (TPSA) is 15.3 Å². The fraction of sp³-hybridized carbons (Fsp3) is 0.750. The first-order chi connectivity index (χ1) is 9.06. The molecule has 0 amide bonds. The van der Waals surface area contributed by atoms with Crippen molar-refractivity contribution in [3.63, 3.8) is 0 Å². The van der Waals surface area contributed by atoms with Crippen LogP contribution in [0.5, 0.6) is 0 Å². The van der Waals surface area contributed by atoms with Crippen LogP contribution in [-0.2, 0) is 6.42 Å². The standard InChI is InChI=1S/C16H28N2S/c1-12(2)8-15-11-18(14(4)10-17-15)13(3)9-16-6-5-7-19-16/h5-7,12-15,17H,8-11H2,1-4H3. The highest BCUT2D eigenvalue weighted by Crippen LogP contribution is 2.20. The zero-order valence-corrected chi connectivity index (χ0v) is 13.5.